The summed E-state index contributed by atoms with van der Waals surface area (Å²) < 4.78 is 6.98. The van der Waals surface area contributed by atoms with Gasteiger partial charge in [0.25, 0.3) is 0 Å². The van der Waals surface area contributed by atoms with Gasteiger partial charge in [0.15, 0.2) is 5.96 Å². The van der Waals surface area contributed by atoms with E-state index in [1.807, 2.05) is 33.3 Å². The molecule has 1 aromatic rings. The van der Waals surface area contributed by atoms with Gasteiger partial charge in [-0.2, -0.15) is 0 Å². The molecule has 0 spiro atoms. The molecule has 0 aliphatic rings. The van der Waals surface area contributed by atoms with Gasteiger partial charge in [-0.25, -0.2) is 0 Å². The predicted octanol–water partition coefficient (Wildman–Crippen LogP) is 1.99. The standard InChI is InChI=1S/C15H26N4O2.HI/c1-5-21-14(20)9-6-10-17-15(16-2)19(4)12-13-8-7-11-18(13)3;/h7-8,11H,5-6,9-10,12H2,1-4H3,(H,16,17);1H. The Morgan fingerprint density at radius 1 is 1.50 bits per heavy atom. The molecule has 0 aliphatic carbocycles. The number of hydrogen-bond donors (Lipinski definition) is 1. The van der Waals surface area contributed by atoms with Crippen LogP contribution in [0.4, 0.5) is 0 Å². The molecule has 0 saturated carbocycles. The van der Waals surface area contributed by atoms with Crippen LogP contribution < -0.4 is 5.32 Å². The van der Waals surface area contributed by atoms with Gasteiger partial charge >= 0.3 is 5.97 Å². The first-order chi connectivity index (χ1) is 10.1. The molecule has 0 fully saturated rings. The van der Waals surface area contributed by atoms with Crippen LogP contribution in [0.25, 0.3) is 0 Å². The largest absolute Gasteiger partial charge is 0.466 e. The number of aryl methyl sites for hydroxylation is 1. The molecule has 6 nitrogen and oxygen atoms in total. The molecular weight excluding hydrogens is 395 g/mol. The normalized spacial score (nSPS) is 10.8. The minimum Gasteiger partial charge on any atom is -0.466 e. The number of hydrogen-bond acceptors (Lipinski definition) is 3. The summed E-state index contributed by atoms with van der Waals surface area (Å²) in [6, 6.07) is 4.11. The molecule has 0 saturated heterocycles. The van der Waals surface area contributed by atoms with E-state index in [1.165, 1.54) is 5.69 Å². The number of ether oxygens (including phenoxy) is 1. The molecule has 1 heterocycles. The number of aromatic nitrogens is 1. The molecule has 0 atom stereocenters. The second kappa shape index (κ2) is 11.3. The van der Waals surface area contributed by atoms with Crippen LogP contribution in [0, 0.1) is 0 Å². The Kier molecular flexibility index (Phi) is 10.7. The molecule has 0 radical (unpaired) electrons. The number of carbonyl (C=O) groups is 1. The van der Waals surface area contributed by atoms with Crippen molar-refractivity contribution in [3.63, 3.8) is 0 Å². The fraction of sp³-hybridized carbons (Fsp3) is 0.600. The Morgan fingerprint density at radius 2 is 2.23 bits per heavy atom. The quantitative estimate of drug-likeness (QED) is 0.240. The summed E-state index contributed by atoms with van der Waals surface area (Å²) in [5, 5.41) is 3.26. The fourth-order valence-corrected chi connectivity index (χ4v) is 2.03. The third kappa shape index (κ3) is 7.15. The molecule has 22 heavy (non-hydrogen) atoms. The Hall–Kier alpha value is -1.25. The Bertz CT molecular complexity index is 474. The summed E-state index contributed by atoms with van der Waals surface area (Å²) in [5.74, 6) is 0.673. The lowest BCUT2D eigenvalue weighted by molar-refractivity contribution is -0.143. The Morgan fingerprint density at radius 3 is 2.77 bits per heavy atom. The van der Waals surface area contributed by atoms with Crippen LogP contribution in [0.1, 0.15) is 25.5 Å². The van der Waals surface area contributed by atoms with Crippen molar-refractivity contribution in [2.24, 2.45) is 12.0 Å². The molecule has 1 aromatic heterocycles. The van der Waals surface area contributed by atoms with E-state index >= 15 is 0 Å². The van der Waals surface area contributed by atoms with Crippen molar-refractivity contribution in [2.75, 3.05) is 27.2 Å². The zero-order valence-corrected chi connectivity index (χ0v) is 16.2. The highest BCUT2D eigenvalue weighted by molar-refractivity contribution is 14.0. The summed E-state index contributed by atoms with van der Waals surface area (Å²) in [6.45, 7) is 3.73. The third-order valence-corrected chi connectivity index (χ3v) is 3.17. The van der Waals surface area contributed by atoms with E-state index in [0.717, 1.165) is 18.9 Å². The maximum absolute atomic E-state index is 11.2. The van der Waals surface area contributed by atoms with Gasteiger partial charge in [0.05, 0.1) is 13.2 Å². The number of nitrogens with zero attached hydrogens (tertiary/aromatic N) is 3. The average Bonchev–Trinajstić information content (AvgIpc) is 2.84. The van der Waals surface area contributed by atoms with Crippen LogP contribution in [0.15, 0.2) is 23.3 Å². The van der Waals surface area contributed by atoms with Gasteiger partial charge in [-0.15, -0.1) is 24.0 Å². The summed E-state index contributed by atoms with van der Waals surface area (Å²) in [6.07, 6.45) is 3.19. The number of rotatable bonds is 7. The second-order valence-corrected chi connectivity index (χ2v) is 4.85. The van der Waals surface area contributed by atoms with Gasteiger partial charge in [0.1, 0.15) is 0 Å². The molecule has 0 bridgehead atoms. The zero-order valence-electron chi connectivity index (χ0n) is 13.8. The van der Waals surface area contributed by atoms with E-state index < -0.39 is 0 Å². The molecule has 7 heteroatoms. The van der Waals surface area contributed by atoms with Crippen molar-refractivity contribution in [3.05, 3.63) is 24.0 Å². The van der Waals surface area contributed by atoms with Crippen LogP contribution in [0.5, 0.6) is 0 Å². The maximum Gasteiger partial charge on any atom is 0.305 e. The first-order valence-electron chi connectivity index (χ1n) is 7.26. The van der Waals surface area contributed by atoms with Gasteiger partial charge < -0.3 is 19.5 Å². The molecule has 0 unspecified atom stereocenters. The molecule has 0 aliphatic heterocycles. The van der Waals surface area contributed by atoms with E-state index in [-0.39, 0.29) is 29.9 Å². The first-order valence-corrected chi connectivity index (χ1v) is 7.26. The van der Waals surface area contributed by atoms with Crippen LogP contribution in [-0.2, 0) is 23.1 Å². The summed E-state index contributed by atoms with van der Waals surface area (Å²) >= 11 is 0. The second-order valence-electron chi connectivity index (χ2n) is 4.85. The van der Waals surface area contributed by atoms with E-state index in [0.29, 0.717) is 19.6 Å². The van der Waals surface area contributed by atoms with Gasteiger partial charge in [-0.1, -0.05) is 0 Å². The van der Waals surface area contributed by atoms with Gasteiger partial charge in [0, 0.05) is 46.0 Å². The third-order valence-electron chi connectivity index (χ3n) is 3.17. The number of guanidine groups is 1. The molecule has 0 amide bonds. The van der Waals surface area contributed by atoms with Crippen molar-refractivity contribution < 1.29 is 9.53 Å². The lowest BCUT2D eigenvalue weighted by atomic mass is 10.3. The van der Waals surface area contributed by atoms with Gasteiger partial charge in [-0.05, 0) is 25.5 Å². The summed E-state index contributed by atoms with van der Waals surface area (Å²) in [4.78, 5) is 17.6. The van der Waals surface area contributed by atoms with Crippen LogP contribution in [-0.4, -0.2) is 48.6 Å². The summed E-state index contributed by atoms with van der Waals surface area (Å²) in [7, 11) is 5.78. The highest BCUT2D eigenvalue weighted by atomic mass is 127. The van der Waals surface area contributed by atoms with Crippen molar-refractivity contribution in [1.82, 2.24) is 14.8 Å². The number of esters is 1. The van der Waals surface area contributed by atoms with Crippen LogP contribution in [0.3, 0.4) is 0 Å². The SMILES string of the molecule is CCOC(=O)CCCNC(=NC)N(C)Cc1cccn1C.I. The van der Waals surface area contributed by atoms with Gasteiger partial charge in [-0.3, -0.25) is 9.79 Å². The summed E-state index contributed by atoms with van der Waals surface area (Å²) in [5.41, 5.74) is 1.21. The minimum atomic E-state index is -0.147. The number of carbonyl (C=O) groups excluding carboxylic acids is 1. The van der Waals surface area contributed by atoms with E-state index in [1.54, 1.807) is 7.05 Å². The van der Waals surface area contributed by atoms with E-state index in [9.17, 15) is 4.79 Å². The predicted molar refractivity (Wildman–Crippen MR) is 99.5 cm³/mol. The van der Waals surface area contributed by atoms with Crippen molar-refractivity contribution >= 4 is 35.9 Å². The molecule has 1 rings (SSSR count). The van der Waals surface area contributed by atoms with Crippen molar-refractivity contribution in [2.45, 2.75) is 26.3 Å². The highest BCUT2D eigenvalue weighted by Gasteiger charge is 2.08. The minimum absolute atomic E-state index is 0. The lowest BCUT2D eigenvalue weighted by Crippen LogP contribution is -2.39. The number of halogens is 1. The zero-order chi connectivity index (χ0) is 15.7. The molecular formula is C15H27IN4O2. The van der Waals surface area contributed by atoms with E-state index in [4.69, 9.17) is 4.74 Å². The van der Waals surface area contributed by atoms with Crippen molar-refractivity contribution in [1.29, 1.82) is 0 Å². The van der Waals surface area contributed by atoms with Crippen molar-refractivity contribution in [3.8, 4) is 0 Å². The highest BCUT2D eigenvalue weighted by Crippen LogP contribution is 2.03. The molecule has 1 N–H and O–H groups in total. The average molecular weight is 422 g/mol. The van der Waals surface area contributed by atoms with Gasteiger partial charge in [0.2, 0.25) is 0 Å². The Labute approximate surface area is 149 Å². The maximum atomic E-state index is 11.2. The molecule has 126 valence electrons. The fourth-order valence-electron chi connectivity index (χ4n) is 2.03. The Balaban J connectivity index is 0.00000441. The lowest BCUT2D eigenvalue weighted by Gasteiger charge is -2.22. The smallest absolute Gasteiger partial charge is 0.305 e. The topological polar surface area (TPSA) is 58.9 Å². The van der Waals surface area contributed by atoms with E-state index in [2.05, 4.69) is 25.8 Å². The molecule has 0 aromatic carbocycles. The first kappa shape index (κ1) is 20.8. The monoisotopic (exact) mass is 422 g/mol. The van der Waals surface area contributed by atoms with Crippen LogP contribution in [0.2, 0.25) is 0 Å². The number of nitrogens with one attached hydrogen (secondary N) is 1. The van der Waals surface area contributed by atoms with Crippen LogP contribution >= 0.6 is 24.0 Å². The number of aliphatic imine (C=N–C) groups is 1.